The number of nitrogens with one attached hydrogen (secondary N) is 1. The van der Waals surface area contributed by atoms with Gasteiger partial charge in [-0.1, -0.05) is 12.1 Å². The van der Waals surface area contributed by atoms with Crippen molar-refractivity contribution < 1.29 is 9.32 Å². The van der Waals surface area contributed by atoms with Crippen molar-refractivity contribution in [1.29, 1.82) is 0 Å². The predicted molar refractivity (Wildman–Crippen MR) is 67.5 cm³/mol. The lowest BCUT2D eigenvalue weighted by molar-refractivity contribution is 0.0949. The third kappa shape index (κ3) is 2.98. The molecule has 7 nitrogen and oxygen atoms in total. The lowest BCUT2D eigenvalue weighted by Crippen LogP contribution is -2.24. The first-order valence-corrected chi connectivity index (χ1v) is 6.21. The minimum Gasteiger partial charge on any atom is -0.344 e. The molecule has 102 valence electrons. The number of hydrogen-bond donors (Lipinski definition) is 1. The van der Waals surface area contributed by atoms with Crippen LogP contribution in [-0.4, -0.2) is 25.8 Å². The number of aromatic nitrogens is 4. The van der Waals surface area contributed by atoms with Crippen molar-refractivity contribution in [2.45, 2.75) is 40.3 Å². The Morgan fingerprint density at radius 2 is 2.26 bits per heavy atom. The van der Waals surface area contributed by atoms with E-state index in [0.29, 0.717) is 17.3 Å². The summed E-state index contributed by atoms with van der Waals surface area (Å²) in [6.45, 7) is 6.71. The molecule has 0 unspecified atom stereocenters. The summed E-state index contributed by atoms with van der Waals surface area (Å²) >= 11 is 0. The van der Waals surface area contributed by atoms with Crippen LogP contribution in [0.1, 0.15) is 41.1 Å². The van der Waals surface area contributed by atoms with Crippen LogP contribution in [0.2, 0.25) is 0 Å². The quantitative estimate of drug-likeness (QED) is 0.876. The van der Waals surface area contributed by atoms with E-state index in [1.165, 1.54) is 0 Å². The zero-order valence-corrected chi connectivity index (χ0v) is 11.3. The second kappa shape index (κ2) is 5.64. The van der Waals surface area contributed by atoms with E-state index in [2.05, 4.69) is 27.5 Å². The highest BCUT2D eigenvalue weighted by molar-refractivity contribution is 5.94. The number of carbonyl (C=O) groups is 1. The molecule has 0 spiro atoms. The minimum atomic E-state index is -0.178. The fraction of sp³-hybridized carbons (Fsp3) is 0.500. The summed E-state index contributed by atoms with van der Waals surface area (Å²) < 4.78 is 6.66. The highest BCUT2D eigenvalue weighted by atomic mass is 16.5. The molecule has 0 aliphatic rings. The average Bonchev–Trinajstić information content (AvgIpc) is 2.95. The Balaban J connectivity index is 2.00. The molecule has 0 radical (unpaired) electrons. The molecule has 7 heteroatoms. The van der Waals surface area contributed by atoms with Gasteiger partial charge < -0.3 is 9.84 Å². The van der Waals surface area contributed by atoms with Gasteiger partial charge in [-0.25, -0.2) is 0 Å². The van der Waals surface area contributed by atoms with Crippen LogP contribution in [0.3, 0.4) is 0 Å². The number of carbonyl (C=O) groups excluding carboxylic acids is 1. The van der Waals surface area contributed by atoms with Crippen LogP contribution < -0.4 is 5.32 Å². The molecule has 1 N–H and O–H groups in total. The fourth-order valence-electron chi connectivity index (χ4n) is 1.77. The standard InChI is InChI=1S/C12H17N5O2/c1-4-5-17-8(2)10(6-14-17)12(18)13-7-11-15-9(3)19-16-11/h6H,4-5,7H2,1-3H3,(H,13,18). The van der Waals surface area contributed by atoms with Crippen molar-refractivity contribution in [3.63, 3.8) is 0 Å². The van der Waals surface area contributed by atoms with E-state index >= 15 is 0 Å². The van der Waals surface area contributed by atoms with Gasteiger partial charge in [-0.2, -0.15) is 10.1 Å². The zero-order valence-electron chi connectivity index (χ0n) is 11.3. The smallest absolute Gasteiger partial charge is 0.255 e. The first-order chi connectivity index (χ1) is 9.11. The van der Waals surface area contributed by atoms with Gasteiger partial charge in [0.15, 0.2) is 5.82 Å². The van der Waals surface area contributed by atoms with Crippen LogP contribution in [0.4, 0.5) is 0 Å². The Bertz CT molecular complexity index is 572. The van der Waals surface area contributed by atoms with Crippen LogP contribution >= 0.6 is 0 Å². The van der Waals surface area contributed by atoms with Gasteiger partial charge in [-0.05, 0) is 13.3 Å². The van der Waals surface area contributed by atoms with Gasteiger partial charge in [0.25, 0.3) is 5.91 Å². The summed E-state index contributed by atoms with van der Waals surface area (Å²) in [5, 5.41) is 10.7. The van der Waals surface area contributed by atoms with E-state index in [4.69, 9.17) is 4.52 Å². The summed E-state index contributed by atoms with van der Waals surface area (Å²) in [6.07, 6.45) is 2.56. The Kier molecular flexibility index (Phi) is 3.94. The molecule has 2 aromatic heterocycles. The third-order valence-corrected chi connectivity index (χ3v) is 2.76. The topological polar surface area (TPSA) is 85.8 Å². The van der Waals surface area contributed by atoms with Gasteiger partial charge in [-0.15, -0.1) is 0 Å². The van der Waals surface area contributed by atoms with Crippen molar-refractivity contribution in [3.8, 4) is 0 Å². The normalized spacial score (nSPS) is 10.7. The first kappa shape index (κ1) is 13.3. The van der Waals surface area contributed by atoms with E-state index in [9.17, 15) is 4.79 Å². The molecule has 0 atom stereocenters. The second-order valence-electron chi connectivity index (χ2n) is 4.28. The predicted octanol–water partition coefficient (Wildman–Crippen LogP) is 1.22. The molecular weight excluding hydrogens is 246 g/mol. The first-order valence-electron chi connectivity index (χ1n) is 6.21. The van der Waals surface area contributed by atoms with Gasteiger partial charge in [0, 0.05) is 19.2 Å². The Morgan fingerprint density at radius 3 is 2.89 bits per heavy atom. The van der Waals surface area contributed by atoms with E-state index in [0.717, 1.165) is 18.7 Å². The Labute approximate surface area is 111 Å². The van der Waals surface area contributed by atoms with Gasteiger partial charge in [0.05, 0.1) is 18.3 Å². The second-order valence-corrected chi connectivity index (χ2v) is 4.28. The number of aryl methyl sites for hydroxylation is 2. The lowest BCUT2D eigenvalue weighted by Gasteiger charge is -2.04. The van der Waals surface area contributed by atoms with Gasteiger partial charge >= 0.3 is 0 Å². The highest BCUT2D eigenvalue weighted by Gasteiger charge is 2.14. The number of hydrogen-bond acceptors (Lipinski definition) is 5. The monoisotopic (exact) mass is 263 g/mol. The molecule has 19 heavy (non-hydrogen) atoms. The maximum absolute atomic E-state index is 12.0. The van der Waals surface area contributed by atoms with Crippen LogP contribution in [0.15, 0.2) is 10.7 Å². The third-order valence-electron chi connectivity index (χ3n) is 2.76. The highest BCUT2D eigenvalue weighted by Crippen LogP contribution is 2.08. The molecule has 2 aromatic rings. The van der Waals surface area contributed by atoms with E-state index < -0.39 is 0 Å². The lowest BCUT2D eigenvalue weighted by atomic mass is 10.2. The SMILES string of the molecule is CCCn1ncc(C(=O)NCc2noc(C)n2)c1C. The van der Waals surface area contributed by atoms with E-state index in [-0.39, 0.29) is 12.5 Å². The van der Waals surface area contributed by atoms with Crippen LogP contribution in [0.25, 0.3) is 0 Å². The molecule has 0 aliphatic heterocycles. The summed E-state index contributed by atoms with van der Waals surface area (Å²) in [5.74, 6) is 0.767. The molecular formula is C12H17N5O2. The van der Waals surface area contributed by atoms with Crippen molar-refractivity contribution in [2.75, 3.05) is 0 Å². The fourth-order valence-corrected chi connectivity index (χ4v) is 1.77. The number of amides is 1. The van der Waals surface area contributed by atoms with Gasteiger partial charge in [0.2, 0.25) is 5.89 Å². The molecule has 0 bridgehead atoms. The molecule has 0 aromatic carbocycles. The zero-order chi connectivity index (χ0) is 13.8. The summed E-state index contributed by atoms with van der Waals surface area (Å²) in [7, 11) is 0. The minimum absolute atomic E-state index is 0.178. The van der Waals surface area contributed by atoms with Crippen molar-refractivity contribution >= 4 is 5.91 Å². The maximum atomic E-state index is 12.0. The summed E-state index contributed by atoms with van der Waals surface area (Å²) in [5.41, 5.74) is 1.44. The van der Waals surface area contributed by atoms with Crippen LogP contribution in [0.5, 0.6) is 0 Å². The summed E-state index contributed by atoms with van der Waals surface area (Å²) in [4.78, 5) is 16.0. The number of rotatable bonds is 5. The van der Waals surface area contributed by atoms with E-state index in [1.807, 2.05) is 11.6 Å². The van der Waals surface area contributed by atoms with Gasteiger partial charge in [0.1, 0.15) is 0 Å². The Morgan fingerprint density at radius 1 is 1.47 bits per heavy atom. The molecule has 1 amide bonds. The van der Waals surface area contributed by atoms with Crippen LogP contribution in [0, 0.1) is 13.8 Å². The Hall–Kier alpha value is -2.18. The van der Waals surface area contributed by atoms with Crippen molar-refractivity contribution in [3.05, 3.63) is 29.2 Å². The van der Waals surface area contributed by atoms with E-state index in [1.54, 1.807) is 13.1 Å². The maximum Gasteiger partial charge on any atom is 0.255 e. The average molecular weight is 263 g/mol. The molecule has 0 saturated heterocycles. The van der Waals surface area contributed by atoms with Gasteiger partial charge in [-0.3, -0.25) is 9.48 Å². The summed E-state index contributed by atoms with van der Waals surface area (Å²) in [6, 6.07) is 0. The van der Waals surface area contributed by atoms with Crippen LogP contribution in [-0.2, 0) is 13.1 Å². The largest absolute Gasteiger partial charge is 0.344 e. The molecule has 0 aliphatic carbocycles. The molecule has 0 saturated carbocycles. The van der Waals surface area contributed by atoms with Crippen molar-refractivity contribution in [1.82, 2.24) is 25.2 Å². The molecule has 2 heterocycles. The molecule has 2 rings (SSSR count). The number of nitrogens with zero attached hydrogens (tertiary/aromatic N) is 4. The molecule has 0 fully saturated rings. The van der Waals surface area contributed by atoms with Crippen molar-refractivity contribution in [2.24, 2.45) is 0 Å².